The number of halogens is 2. The molecule has 9 heteroatoms. The normalized spacial score (nSPS) is 14.9. The molecule has 0 radical (unpaired) electrons. The van der Waals surface area contributed by atoms with E-state index in [1.165, 1.54) is 13.3 Å². The summed E-state index contributed by atoms with van der Waals surface area (Å²) in [4.78, 5) is 27.5. The topological polar surface area (TPSA) is 75.0 Å². The van der Waals surface area contributed by atoms with E-state index in [4.69, 9.17) is 4.74 Å². The molecule has 1 aromatic carbocycles. The van der Waals surface area contributed by atoms with Crippen molar-refractivity contribution in [1.82, 2.24) is 14.4 Å². The van der Waals surface area contributed by atoms with Crippen molar-refractivity contribution in [2.24, 2.45) is 0 Å². The quantitative estimate of drug-likeness (QED) is 0.857. The summed E-state index contributed by atoms with van der Waals surface area (Å²) in [6, 6.07) is 4.61. The van der Waals surface area contributed by atoms with Gasteiger partial charge in [-0.05, 0) is 24.3 Å². The zero-order valence-electron chi connectivity index (χ0n) is 15.4. The predicted molar refractivity (Wildman–Crippen MR) is 97.1 cm³/mol. The number of aromatic nitrogens is 1. The number of carbonyl (C=O) groups is 1. The number of rotatable bonds is 4. The second-order valence-electron chi connectivity index (χ2n) is 6.59. The Kier molecular flexibility index (Phi) is 5.93. The highest BCUT2D eigenvalue weighted by Gasteiger charge is 2.22. The van der Waals surface area contributed by atoms with Crippen molar-refractivity contribution in [2.45, 2.75) is 13.1 Å². The van der Waals surface area contributed by atoms with Crippen molar-refractivity contribution >= 4 is 6.09 Å². The first kappa shape index (κ1) is 19.8. The first-order valence-electron chi connectivity index (χ1n) is 8.79. The molecule has 1 fully saturated rings. The Hall–Kier alpha value is -2.94. The highest BCUT2D eigenvalue weighted by atomic mass is 19.1. The van der Waals surface area contributed by atoms with Gasteiger partial charge in [0.1, 0.15) is 11.6 Å². The summed E-state index contributed by atoms with van der Waals surface area (Å²) in [5.41, 5.74) is -0.213. The number of ether oxygens (including phenoxy) is 1. The Balaban J connectivity index is 1.70. The van der Waals surface area contributed by atoms with Crippen LogP contribution in [0.15, 0.2) is 35.3 Å². The van der Waals surface area contributed by atoms with Crippen LogP contribution in [0.1, 0.15) is 11.1 Å². The number of hydrogen-bond acceptors (Lipinski definition) is 5. The number of aromatic hydroxyl groups is 1. The zero-order chi connectivity index (χ0) is 20.3. The summed E-state index contributed by atoms with van der Waals surface area (Å²) in [5.74, 6) is -1.65. The maximum atomic E-state index is 13.8. The summed E-state index contributed by atoms with van der Waals surface area (Å²) >= 11 is 0. The van der Waals surface area contributed by atoms with Crippen molar-refractivity contribution in [3.8, 4) is 5.75 Å². The fraction of sp³-hybridized carbons (Fsp3) is 0.368. The third-order valence-electron chi connectivity index (χ3n) is 4.77. The Labute approximate surface area is 160 Å². The van der Waals surface area contributed by atoms with Crippen molar-refractivity contribution in [1.29, 1.82) is 0 Å². The lowest BCUT2D eigenvalue weighted by Crippen LogP contribution is -2.48. The van der Waals surface area contributed by atoms with Gasteiger partial charge in [-0.3, -0.25) is 9.69 Å². The Bertz CT molecular complexity index is 924. The van der Waals surface area contributed by atoms with Crippen LogP contribution in [0.4, 0.5) is 13.6 Å². The van der Waals surface area contributed by atoms with Gasteiger partial charge in [0.15, 0.2) is 5.75 Å². The monoisotopic (exact) mass is 393 g/mol. The molecule has 0 bridgehead atoms. The molecule has 0 unspecified atom stereocenters. The molecule has 0 spiro atoms. The third kappa shape index (κ3) is 4.30. The molecule has 0 saturated carbocycles. The number of methoxy groups -OCH3 is 1. The van der Waals surface area contributed by atoms with E-state index in [1.807, 2.05) is 4.90 Å². The number of hydrogen-bond donors (Lipinski definition) is 1. The number of nitrogens with zero attached hydrogens (tertiary/aromatic N) is 3. The minimum absolute atomic E-state index is 0.0215. The van der Waals surface area contributed by atoms with Crippen molar-refractivity contribution in [3.05, 3.63) is 63.6 Å². The van der Waals surface area contributed by atoms with Gasteiger partial charge < -0.3 is 19.3 Å². The number of carbonyl (C=O) groups excluding carboxylic acids is 1. The van der Waals surface area contributed by atoms with Gasteiger partial charge in [-0.1, -0.05) is 0 Å². The van der Waals surface area contributed by atoms with Crippen LogP contribution in [0.5, 0.6) is 5.75 Å². The standard InChI is InChI=1S/C19H21F2N3O4/c1-28-19(27)23-8-6-22(7-9-23)11-13-4-5-24(18(26)17(13)25)12-14-10-15(20)2-3-16(14)21/h2-5,10,25H,6-9,11-12H2,1H3. The summed E-state index contributed by atoms with van der Waals surface area (Å²) in [6.07, 6.45) is 1.07. The molecular weight excluding hydrogens is 372 g/mol. The number of amides is 1. The highest BCUT2D eigenvalue weighted by molar-refractivity contribution is 5.67. The number of benzene rings is 1. The lowest BCUT2D eigenvalue weighted by Gasteiger charge is -2.33. The maximum absolute atomic E-state index is 13.8. The van der Waals surface area contributed by atoms with Gasteiger partial charge in [-0.2, -0.15) is 0 Å². The Morgan fingerprint density at radius 1 is 1.11 bits per heavy atom. The fourth-order valence-corrected chi connectivity index (χ4v) is 3.16. The molecule has 1 saturated heterocycles. The van der Waals surface area contributed by atoms with E-state index in [1.54, 1.807) is 11.0 Å². The van der Waals surface area contributed by atoms with E-state index in [0.717, 1.165) is 22.8 Å². The van der Waals surface area contributed by atoms with Gasteiger partial charge >= 0.3 is 6.09 Å². The third-order valence-corrected chi connectivity index (χ3v) is 4.77. The van der Waals surface area contributed by atoms with Crippen LogP contribution >= 0.6 is 0 Å². The minimum Gasteiger partial charge on any atom is -0.503 e. The van der Waals surface area contributed by atoms with E-state index < -0.39 is 22.9 Å². The molecule has 28 heavy (non-hydrogen) atoms. The number of piperazine rings is 1. The SMILES string of the molecule is COC(=O)N1CCN(Cc2ccn(Cc3cc(F)ccc3F)c(=O)c2O)CC1. The Morgan fingerprint density at radius 2 is 1.82 bits per heavy atom. The first-order chi connectivity index (χ1) is 13.4. The predicted octanol–water partition coefficient (Wildman–Crippen LogP) is 1.76. The molecule has 7 nitrogen and oxygen atoms in total. The second kappa shape index (κ2) is 8.39. The minimum atomic E-state index is -0.672. The molecule has 1 aliphatic rings. The van der Waals surface area contributed by atoms with E-state index in [9.17, 15) is 23.5 Å². The molecule has 1 N–H and O–H groups in total. The first-order valence-corrected chi connectivity index (χ1v) is 8.79. The average Bonchev–Trinajstić information content (AvgIpc) is 2.70. The van der Waals surface area contributed by atoms with Crippen LogP contribution in [-0.2, 0) is 17.8 Å². The summed E-state index contributed by atoms with van der Waals surface area (Å²) in [7, 11) is 1.33. The van der Waals surface area contributed by atoms with Gasteiger partial charge in [0.2, 0.25) is 0 Å². The molecule has 0 aliphatic carbocycles. The van der Waals surface area contributed by atoms with Gasteiger partial charge in [0, 0.05) is 50.0 Å². The summed E-state index contributed by atoms with van der Waals surface area (Å²) in [6.45, 7) is 2.28. The maximum Gasteiger partial charge on any atom is 0.409 e. The molecule has 0 atom stereocenters. The molecule has 2 heterocycles. The average molecular weight is 393 g/mol. The lowest BCUT2D eigenvalue weighted by atomic mass is 10.1. The van der Waals surface area contributed by atoms with E-state index >= 15 is 0 Å². The van der Waals surface area contributed by atoms with Gasteiger partial charge in [-0.25, -0.2) is 13.6 Å². The largest absolute Gasteiger partial charge is 0.503 e. The smallest absolute Gasteiger partial charge is 0.409 e. The fourth-order valence-electron chi connectivity index (χ4n) is 3.16. The van der Waals surface area contributed by atoms with Crippen molar-refractivity contribution in [3.63, 3.8) is 0 Å². The number of pyridine rings is 1. The molecule has 1 aliphatic heterocycles. The molecular formula is C19H21F2N3O4. The van der Waals surface area contributed by atoms with E-state index in [0.29, 0.717) is 38.3 Å². The Morgan fingerprint density at radius 3 is 2.50 bits per heavy atom. The molecule has 2 aromatic rings. The second-order valence-corrected chi connectivity index (χ2v) is 6.59. The summed E-state index contributed by atoms with van der Waals surface area (Å²) < 4.78 is 32.9. The van der Waals surface area contributed by atoms with E-state index in [-0.39, 0.29) is 18.2 Å². The van der Waals surface area contributed by atoms with E-state index in [2.05, 4.69) is 0 Å². The van der Waals surface area contributed by atoms with Crippen LogP contribution in [-0.4, -0.2) is 58.9 Å². The molecule has 150 valence electrons. The van der Waals surface area contributed by atoms with Crippen molar-refractivity contribution in [2.75, 3.05) is 33.3 Å². The molecule has 1 amide bonds. The van der Waals surface area contributed by atoms with Gasteiger partial charge in [0.25, 0.3) is 5.56 Å². The van der Waals surface area contributed by atoms with Crippen LogP contribution in [0.2, 0.25) is 0 Å². The highest BCUT2D eigenvalue weighted by Crippen LogP contribution is 2.17. The summed E-state index contributed by atoms with van der Waals surface area (Å²) in [5, 5.41) is 10.3. The van der Waals surface area contributed by atoms with Crippen LogP contribution < -0.4 is 5.56 Å². The van der Waals surface area contributed by atoms with Crippen LogP contribution in [0.25, 0.3) is 0 Å². The van der Waals surface area contributed by atoms with Crippen molar-refractivity contribution < 1.29 is 23.4 Å². The molecule has 3 rings (SSSR count). The van der Waals surface area contributed by atoms with Gasteiger partial charge in [-0.15, -0.1) is 0 Å². The van der Waals surface area contributed by atoms with Crippen LogP contribution in [0, 0.1) is 11.6 Å². The lowest BCUT2D eigenvalue weighted by molar-refractivity contribution is 0.0885. The molecule has 1 aromatic heterocycles. The van der Waals surface area contributed by atoms with Crippen LogP contribution in [0.3, 0.4) is 0 Å². The van der Waals surface area contributed by atoms with Gasteiger partial charge in [0.05, 0.1) is 13.7 Å². The zero-order valence-corrected chi connectivity index (χ0v) is 15.4.